The lowest BCUT2D eigenvalue weighted by molar-refractivity contribution is -0.120. The van der Waals surface area contributed by atoms with Gasteiger partial charge in [-0.1, -0.05) is 44.2 Å². The summed E-state index contributed by atoms with van der Waals surface area (Å²) in [6.07, 6.45) is 5.88. The Hall–Kier alpha value is -4.09. The van der Waals surface area contributed by atoms with Crippen molar-refractivity contribution in [2.45, 2.75) is 58.8 Å². The quantitative estimate of drug-likeness (QED) is 0.208. The van der Waals surface area contributed by atoms with Crippen LogP contribution in [0.4, 0.5) is 4.79 Å². The Morgan fingerprint density at radius 1 is 1.26 bits per heavy atom. The summed E-state index contributed by atoms with van der Waals surface area (Å²) in [4.78, 5) is 63.1. The molecule has 0 radical (unpaired) electrons. The molecule has 0 saturated carbocycles. The van der Waals surface area contributed by atoms with Crippen molar-refractivity contribution in [2.24, 2.45) is 23.5 Å². The predicted molar refractivity (Wildman–Crippen MR) is 156 cm³/mol. The van der Waals surface area contributed by atoms with E-state index < -0.39 is 53.7 Å². The van der Waals surface area contributed by atoms with E-state index in [-0.39, 0.29) is 41.4 Å². The van der Waals surface area contributed by atoms with E-state index in [1.165, 1.54) is 32.3 Å². The molecule has 5 N–H and O–H groups in total. The van der Waals surface area contributed by atoms with Crippen molar-refractivity contribution in [2.75, 3.05) is 13.7 Å². The van der Waals surface area contributed by atoms with E-state index >= 15 is 0 Å². The third-order valence-electron chi connectivity index (χ3n) is 7.19. The highest BCUT2D eigenvalue weighted by Crippen LogP contribution is 2.29. The lowest BCUT2D eigenvalue weighted by Gasteiger charge is -2.29. The number of aliphatic hydroxyl groups is 1. The van der Waals surface area contributed by atoms with E-state index in [0.717, 1.165) is 6.08 Å². The standard InChI is InChI=1S/C31H41N3O8/c1-7-11-33-26-22-12-17(2)13-25(41-6)27(37)19(4)14-20(5)29(42-31(32)40)21(16-35)10-8-9-18(3)30(39)34-23(28(22)38)15-24(26)36/h7-10,14-17,19,21,25,27,29,33,37H,1,11-13H2,2-6H3,(H2,32,40)(H,34,39)/b10-8-,18-9+,20-14+/t17-,19+,21-,25+,27-,29+/m1/s1. The Kier molecular flexibility index (Phi) is 12.8. The van der Waals surface area contributed by atoms with Gasteiger partial charge in [0.25, 0.3) is 5.91 Å². The summed E-state index contributed by atoms with van der Waals surface area (Å²) in [5.41, 5.74) is 6.12. The zero-order valence-corrected chi connectivity index (χ0v) is 24.7. The topological polar surface area (TPSA) is 174 Å². The summed E-state index contributed by atoms with van der Waals surface area (Å²) in [5, 5.41) is 16.7. The molecular weight excluding hydrogens is 542 g/mol. The van der Waals surface area contributed by atoms with E-state index in [1.54, 1.807) is 26.0 Å². The Morgan fingerprint density at radius 3 is 2.55 bits per heavy atom. The van der Waals surface area contributed by atoms with E-state index in [9.17, 15) is 29.1 Å². The van der Waals surface area contributed by atoms with Gasteiger partial charge in [-0.05, 0) is 38.2 Å². The summed E-state index contributed by atoms with van der Waals surface area (Å²) >= 11 is 0. The third kappa shape index (κ3) is 8.95. The monoisotopic (exact) mass is 583 g/mol. The van der Waals surface area contributed by atoms with Crippen LogP contribution >= 0.6 is 0 Å². The molecule has 2 bridgehead atoms. The van der Waals surface area contributed by atoms with Crippen molar-refractivity contribution < 1.29 is 38.6 Å². The number of primary amides is 1. The second kappa shape index (κ2) is 15.8. The minimum atomic E-state index is -1.08. The Bertz CT molecular complexity index is 1240. The molecule has 1 aliphatic heterocycles. The van der Waals surface area contributed by atoms with Crippen LogP contribution in [0.25, 0.3) is 0 Å². The number of aliphatic hydroxyl groups excluding tert-OH is 1. The number of amides is 2. The fourth-order valence-electron chi connectivity index (χ4n) is 4.94. The van der Waals surface area contributed by atoms with Gasteiger partial charge >= 0.3 is 6.09 Å². The highest BCUT2D eigenvalue weighted by molar-refractivity contribution is 6.23. The molecule has 42 heavy (non-hydrogen) atoms. The number of hydrogen-bond donors (Lipinski definition) is 4. The minimum absolute atomic E-state index is 0.132. The Labute approximate surface area is 246 Å². The lowest BCUT2D eigenvalue weighted by atomic mass is 9.85. The van der Waals surface area contributed by atoms with E-state index in [0.29, 0.717) is 18.3 Å². The summed E-state index contributed by atoms with van der Waals surface area (Å²) in [6, 6.07) is 0. The van der Waals surface area contributed by atoms with E-state index in [2.05, 4.69) is 17.2 Å². The molecule has 2 aliphatic rings. The number of allylic oxidation sites excluding steroid dienone is 4. The molecule has 1 aliphatic carbocycles. The van der Waals surface area contributed by atoms with Gasteiger partial charge in [0.1, 0.15) is 12.4 Å². The zero-order valence-electron chi connectivity index (χ0n) is 24.7. The molecule has 6 atom stereocenters. The van der Waals surface area contributed by atoms with Crippen molar-refractivity contribution in [3.8, 4) is 0 Å². The smallest absolute Gasteiger partial charge is 0.405 e. The fraction of sp³-hybridized carbons (Fsp3) is 0.452. The van der Waals surface area contributed by atoms with Crippen LogP contribution in [0.2, 0.25) is 0 Å². The molecule has 0 aromatic carbocycles. The third-order valence-corrected chi connectivity index (χ3v) is 7.19. The normalized spacial score (nSPS) is 31.5. The molecule has 0 aromatic rings. The van der Waals surface area contributed by atoms with Crippen LogP contribution in [-0.4, -0.2) is 66.9 Å². The molecule has 0 saturated heterocycles. The molecule has 0 aromatic heterocycles. The molecule has 1 heterocycles. The van der Waals surface area contributed by atoms with Crippen molar-refractivity contribution in [1.82, 2.24) is 10.6 Å². The van der Waals surface area contributed by atoms with Gasteiger partial charge in [-0.2, -0.15) is 0 Å². The average molecular weight is 584 g/mol. The number of methoxy groups -OCH3 is 1. The first-order chi connectivity index (χ1) is 19.8. The first-order valence-corrected chi connectivity index (χ1v) is 13.7. The summed E-state index contributed by atoms with van der Waals surface area (Å²) < 4.78 is 10.9. The maximum absolute atomic E-state index is 13.5. The summed E-state index contributed by atoms with van der Waals surface area (Å²) in [5.74, 6) is -3.29. The van der Waals surface area contributed by atoms with Gasteiger partial charge in [0, 0.05) is 36.8 Å². The lowest BCUT2D eigenvalue weighted by Crippen LogP contribution is -2.37. The van der Waals surface area contributed by atoms with Crippen molar-refractivity contribution in [3.63, 3.8) is 0 Å². The van der Waals surface area contributed by atoms with Crippen molar-refractivity contribution in [3.05, 3.63) is 71.1 Å². The minimum Gasteiger partial charge on any atom is -0.441 e. The zero-order chi connectivity index (χ0) is 31.6. The molecule has 0 spiro atoms. The van der Waals surface area contributed by atoms with Gasteiger partial charge in [0.2, 0.25) is 11.6 Å². The Morgan fingerprint density at radius 2 is 1.95 bits per heavy atom. The van der Waals surface area contributed by atoms with Crippen LogP contribution in [0.5, 0.6) is 0 Å². The maximum atomic E-state index is 13.5. The predicted octanol–water partition coefficient (Wildman–Crippen LogP) is 2.34. The number of rotatable bonds is 6. The van der Waals surface area contributed by atoms with E-state index in [1.807, 2.05) is 6.92 Å². The number of carbonyl (C=O) groups excluding carboxylic acids is 5. The molecule has 11 nitrogen and oxygen atoms in total. The highest BCUT2D eigenvalue weighted by Gasteiger charge is 2.33. The van der Waals surface area contributed by atoms with E-state index in [4.69, 9.17) is 15.2 Å². The second-order valence-corrected chi connectivity index (χ2v) is 10.6. The van der Waals surface area contributed by atoms with Gasteiger partial charge < -0.3 is 35.7 Å². The van der Waals surface area contributed by atoms with Crippen molar-refractivity contribution in [1.29, 1.82) is 0 Å². The number of ketones is 2. The fourth-order valence-corrected chi connectivity index (χ4v) is 4.94. The van der Waals surface area contributed by atoms with Gasteiger partial charge in [0.15, 0.2) is 0 Å². The van der Waals surface area contributed by atoms with Crippen LogP contribution in [0.3, 0.4) is 0 Å². The summed E-state index contributed by atoms with van der Waals surface area (Å²) in [6.45, 7) is 10.7. The SMILES string of the molecule is C=CCNC1=C2C[C@@H](C)C[C@H](OC)[C@H](O)[C@@H](C)/C=C(\C)[C@H](OC(N)=O)[C@@H](C=O)/C=C\C=C(/C)C(=O)NC(=CC1=O)C2=O. The first kappa shape index (κ1) is 34.1. The number of ether oxygens (including phenoxy) is 2. The number of nitrogens with one attached hydrogen (secondary N) is 2. The molecular formula is C31H41N3O8. The average Bonchev–Trinajstić information content (AvgIpc) is 2.94. The first-order valence-electron chi connectivity index (χ1n) is 13.7. The number of fused-ring (bicyclic) bond motifs is 2. The highest BCUT2D eigenvalue weighted by atomic mass is 16.6. The molecule has 228 valence electrons. The second-order valence-electron chi connectivity index (χ2n) is 10.6. The molecule has 2 rings (SSSR count). The van der Waals surface area contributed by atoms with Gasteiger partial charge in [0.05, 0.1) is 29.5 Å². The number of aldehydes is 1. The van der Waals surface area contributed by atoms with Crippen molar-refractivity contribution >= 4 is 29.9 Å². The number of nitrogens with two attached hydrogens (primary N) is 1. The molecule has 11 heteroatoms. The number of Topliss-reactive ketones (excluding diaryl/α,β-unsaturated/α-hetero) is 1. The van der Waals surface area contributed by atoms with Crippen LogP contribution in [0.15, 0.2) is 71.1 Å². The Balaban J connectivity index is 2.63. The molecule has 2 amide bonds. The van der Waals surface area contributed by atoms with Crippen LogP contribution < -0.4 is 16.4 Å². The van der Waals surface area contributed by atoms with Gasteiger partial charge in [-0.3, -0.25) is 14.4 Å². The van der Waals surface area contributed by atoms with Crippen LogP contribution in [-0.2, 0) is 28.7 Å². The molecule has 0 unspecified atom stereocenters. The van der Waals surface area contributed by atoms with Gasteiger partial charge in [-0.15, -0.1) is 6.58 Å². The molecule has 0 fully saturated rings. The number of carbonyl (C=O) groups is 5. The number of hydrogen-bond acceptors (Lipinski definition) is 9. The van der Waals surface area contributed by atoms with Crippen LogP contribution in [0.1, 0.15) is 40.5 Å². The largest absolute Gasteiger partial charge is 0.441 e. The van der Waals surface area contributed by atoms with Gasteiger partial charge in [-0.25, -0.2) is 4.79 Å². The maximum Gasteiger partial charge on any atom is 0.405 e. The summed E-state index contributed by atoms with van der Waals surface area (Å²) in [7, 11) is 1.46. The van der Waals surface area contributed by atoms with Crippen LogP contribution in [0, 0.1) is 17.8 Å².